The molecule has 0 saturated heterocycles. The maximum atomic E-state index is 12.1. The van der Waals surface area contributed by atoms with Gasteiger partial charge in [0.25, 0.3) is 0 Å². The molecule has 2 atom stereocenters. The molecule has 18 heavy (non-hydrogen) atoms. The lowest BCUT2D eigenvalue weighted by molar-refractivity contribution is -0.145. The van der Waals surface area contributed by atoms with Gasteiger partial charge in [-0.3, -0.25) is 0 Å². The number of carbonyl (C=O) groups excluding carboxylic acids is 1. The van der Waals surface area contributed by atoms with Gasteiger partial charge in [0.1, 0.15) is 6.04 Å². The van der Waals surface area contributed by atoms with Crippen molar-refractivity contribution in [1.29, 1.82) is 0 Å². The van der Waals surface area contributed by atoms with Crippen LogP contribution in [0.15, 0.2) is 16.8 Å². The van der Waals surface area contributed by atoms with Crippen molar-refractivity contribution >= 4 is 28.3 Å². The van der Waals surface area contributed by atoms with Gasteiger partial charge in [0, 0.05) is 0 Å². The Morgan fingerprint density at radius 2 is 2.22 bits per heavy atom. The highest BCUT2D eigenvalue weighted by molar-refractivity contribution is 7.84. The lowest BCUT2D eigenvalue weighted by Gasteiger charge is -2.22. The van der Waals surface area contributed by atoms with Crippen molar-refractivity contribution < 1.29 is 13.7 Å². The lowest BCUT2D eigenvalue weighted by Crippen LogP contribution is -2.39. The molecule has 0 aliphatic rings. The van der Waals surface area contributed by atoms with Crippen LogP contribution in [0.4, 0.5) is 0 Å². The van der Waals surface area contributed by atoms with Gasteiger partial charge in [-0.25, -0.2) is 13.7 Å². The molecule has 1 N–H and O–H groups in total. The van der Waals surface area contributed by atoms with Crippen molar-refractivity contribution in [2.75, 3.05) is 6.61 Å². The maximum Gasteiger partial charge on any atom is 0.328 e. The third-order valence-corrected chi connectivity index (χ3v) is 4.44. The Morgan fingerprint density at radius 1 is 1.56 bits per heavy atom. The van der Waals surface area contributed by atoms with E-state index in [0.717, 1.165) is 5.56 Å². The van der Waals surface area contributed by atoms with Crippen LogP contribution in [0, 0.1) is 0 Å². The molecule has 0 aromatic carbocycles. The second kappa shape index (κ2) is 6.45. The predicted octanol–water partition coefficient (Wildman–Crippen LogP) is 2.40. The van der Waals surface area contributed by atoms with Crippen molar-refractivity contribution in [3.05, 3.63) is 22.4 Å². The number of nitrogens with one attached hydrogen (secondary N) is 1. The first kappa shape index (κ1) is 15.3. The van der Waals surface area contributed by atoms with E-state index in [2.05, 4.69) is 4.72 Å². The molecule has 0 fully saturated rings. The summed E-state index contributed by atoms with van der Waals surface area (Å²) in [6.45, 7) is 7.62. The average molecular weight is 289 g/mol. The second-order valence-electron chi connectivity index (χ2n) is 4.74. The van der Waals surface area contributed by atoms with Crippen molar-refractivity contribution in [1.82, 2.24) is 4.72 Å². The Bertz CT molecular complexity index is 409. The van der Waals surface area contributed by atoms with Gasteiger partial charge in [0.15, 0.2) is 0 Å². The molecule has 1 unspecified atom stereocenters. The topological polar surface area (TPSA) is 55.4 Å². The van der Waals surface area contributed by atoms with E-state index in [1.54, 1.807) is 6.92 Å². The zero-order valence-electron chi connectivity index (χ0n) is 11.1. The minimum absolute atomic E-state index is 0.309. The zero-order chi connectivity index (χ0) is 13.8. The highest BCUT2D eigenvalue weighted by Crippen LogP contribution is 2.21. The van der Waals surface area contributed by atoms with E-state index in [1.165, 1.54) is 11.3 Å². The summed E-state index contributed by atoms with van der Waals surface area (Å²) in [5, 5.41) is 3.73. The first-order chi connectivity index (χ1) is 8.36. The molecule has 1 heterocycles. The van der Waals surface area contributed by atoms with E-state index in [9.17, 15) is 9.00 Å². The van der Waals surface area contributed by atoms with Crippen LogP contribution in [-0.4, -0.2) is 21.5 Å². The first-order valence-electron chi connectivity index (χ1n) is 5.73. The van der Waals surface area contributed by atoms with Gasteiger partial charge in [-0.2, -0.15) is 11.3 Å². The van der Waals surface area contributed by atoms with Crippen LogP contribution in [-0.2, 0) is 20.5 Å². The van der Waals surface area contributed by atoms with E-state index in [4.69, 9.17) is 4.74 Å². The van der Waals surface area contributed by atoms with Gasteiger partial charge in [-0.15, -0.1) is 0 Å². The fraction of sp³-hybridized carbons (Fsp3) is 0.583. The highest BCUT2D eigenvalue weighted by Gasteiger charge is 2.29. The largest absolute Gasteiger partial charge is 0.465 e. The molecule has 1 aromatic heterocycles. The Hall–Kier alpha value is -0.720. The molecule has 4 nitrogen and oxygen atoms in total. The summed E-state index contributed by atoms with van der Waals surface area (Å²) in [5.41, 5.74) is 0.788. The van der Waals surface area contributed by atoms with Gasteiger partial charge in [0.2, 0.25) is 0 Å². The van der Waals surface area contributed by atoms with Crippen LogP contribution in [0.2, 0.25) is 0 Å². The normalized spacial score (nSPS) is 15.1. The molecule has 0 radical (unpaired) electrons. The van der Waals surface area contributed by atoms with E-state index in [0.29, 0.717) is 6.61 Å². The summed E-state index contributed by atoms with van der Waals surface area (Å²) in [4.78, 5) is 11.9. The van der Waals surface area contributed by atoms with E-state index < -0.39 is 27.7 Å². The third-order valence-electron chi connectivity index (χ3n) is 2.18. The summed E-state index contributed by atoms with van der Waals surface area (Å²) >= 11 is 1.49. The molecule has 102 valence electrons. The number of hydrogen-bond acceptors (Lipinski definition) is 4. The van der Waals surface area contributed by atoms with E-state index in [-0.39, 0.29) is 0 Å². The molecule has 0 bridgehead atoms. The number of ether oxygens (including phenoxy) is 1. The molecule has 0 saturated carbocycles. The fourth-order valence-corrected chi connectivity index (χ4v) is 2.69. The van der Waals surface area contributed by atoms with Crippen LogP contribution >= 0.6 is 11.3 Å². The van der Waals surface area contributed by atoms with Crippen LogP contribution < -0.4 is 4.72 Å². The van der Waals surface area contributed by atoms with Crippen LogP contribution in [0.25, 0.3) is 0 Å². The Labute approximate surface area is 114 Å². The fourth-order valence-electron chi connectivity index (χ4n) is 1.20. The Kier molecular flexibility index (Phi) is 5.49. The summed E-state index contributed by atoms with van der Waals surface area (Å²) < 4.78 is 19.5. The van der Waals surface area contributed by atoms with Crippen molar-refractivity contribution in [2.24, 2.45) is 0 Å². The van der Waals surface area contributed by atoms with Crippen LogP contribution in [0.3, 0.4) is 0 Å². The SMILES string of the molecule is CCOC(=O)[C@H](NS(=O)C(C)(C)C)c1ccsc1. The van der Waals surface area contributed by atoms with Gasteiger partial charge in [-0.05, 0) is 50.1 Å². The number of hydrogen-bond donors (Lipinski definition) is 1. The molecular weight excluding hydrogens is 270 g/mol. The van der Waals surface area contributed by atoms with Crippen molar-refractivity contribution in [2.45, 2.75) is 38.5 Å². The first-order valence-corrected chi connectivity index (χ1v) is 7.82. The second-order valence-corrected chi connectivity index (χ2v) is 7.52. The summed E-state index contributed by atoms with van der Waals surface area (Å²) in [7, 11) is -1.32. The van der Waals surface area contributed by atoms with Crippen molar-refractivity contribution in [3.8, 4) is 0 Å². The molecule has 1 rings (SSSR count). The lowest BCUT2D eigenvalue weighted by atomic mass is 10.2. The number of carbonyl (C=O) groups is 1. The minimum atomic E-state index is -1.32. The monoisotopic (exact) mass is 289 g/mol. The smallest absolute Gasteiger partial charge is 0.328 e. The number of esters is 1. The van der Waals surface area contributed by atoms with Gasteiger partial charge >= 0.3 is 5.97 Å². The molecule has 0 amide bonds. The average Bonchev–Trinajstić information content (AvgIpc) is 2.77. The van der Waals surface area contributed by atoms with Gasteiger partial charge in [-0.1, -0.05) is 0 Å². The molecular formula is C12H19NO3S2. The Balaban J connectivity index is 2.86. The zero-order valence-corrected chi connectivity index (χ0v) is 12.7. The van der Waals surface area contributed by atoms with Gasteiger partial charge < -0.3 is 4.74 Å². The quantitative estimate of drug-likeness (QED) is 0.847. The summed E-state index contributed by atoms with van der Waals surface area (Å²) in [5.74, 6) is -0.395. The minimum Gasteiger partial charge on any atom is -0.465 e. The number of rotatable bonds is 5. The molecule has 0 aliphatic carbocycles. The third kappa shape index (κ3) is 4.19. The maximum absolute atomic E-state index is 12.1. The Morgan fingerprint density at radius 3 is 2.67 bits per heavy atom. The molecule has 0 spiro atoms. The molecule has 6 heteroatoms. The molecule has 0 aliphatic heterocycles. The molecule has 1 aromatic rings. The van der Waals surface area contributed by atoms with E-state index >= 15 is 0 Å². The predicted molar refractivity (Wildman–Crippen MR) is 74.7 cm³/mol. The standard InChI is InChI=1S/C12H19NO3S2/c1-5-16-11(14)10(9-6-7-17-8-9)13-18(15)12(2,3)4/h6-8,10,13H,5H2,1-4H3/t10-,18?/m1/s1. The summed E-state index contributed by atoms with van der Waals surface area (Å²) in [6, 6.07) is 1.16. The summed E-state index contributed by atoms with van der Waals surface area (Å²) in [6.07, 6.45) is 0. The highest BCUT2D eigenvalue weighted by atomic mass is 32.2. The van der Waals surface area contributed by atoms with Crippen molar-refractivity contribution in [3.63, 3.8) is 0 Å². The number of thiophene rings is 1. The van der Waals surface area contributed by atoms with E-state index in [1.807, 2.05) is 37.6 Å². The van der Waals surface area contributed by atoms with Gasteiger partial charge in [0.05, 0.1) is 22.3 Å². The van der Waals surface area contributed by atoms with Crippen LogP contribution in [0.5, 0.6) is 0 Å². The van der Waals surface area contributed by atoms with Crippen LogP contribution in [0.1, 0.15) is 39.3 Å².